The van der Waals surface area contributed by atoms with E-state index in [1.807, 2.05) is 18.4 Å². The molecule has 4 heteroatoms. The van der Waals surface area contributed by atoms with Crippen LogP contribution in [0.3, 0.4) is 0 Å². The van der Waals surface area contributed by atoms with Crippen LogP contribution in [0.15, 0.2) is 12.4 Å². The van der Waals surface area contributed by atoms with E-state index in [4.69, 9.17) is 0 Å². The van der Waals surface area contributed by atoms with Crippen molar-refractivity contribution in [1.82, 2.24) is 9.55 Å². The van der Waals surface area contributed by atoms with E-state index in [1.165, 1.54) is 0 Å². The molecule has 0 aliphatic heterocycles. The molecule has 2 unspecified atom stereocenters. The van der Waals surface area contributed by atoms with Gasteiger partial charge in [0.1, 0.15) is 11.9 Å². The molecule has 0 spiro atoms. The molecule has 0 saturated carbocycles. The summed E-state index contributed by atoms with van der Waals surface area (Å²) < 4.78 is 1.83. The topological polar surface area (TPSA) is 58.3 Å². The van der Waals surface area contributed by atoms with Crippen LogP contribution in [0.2, 0.25) is 0 Å². The first-order valence-corrected chi connectivity index (χ1v) is 4.94. The number of nitrogens with zero attached hydrogens (tertiary/aromatic N) is 2. The van der Waals surface area contributed by atoms with Crippen LogP contribution < -0.4 is 0 Å². The molecule has 2 atom stereocenters. The van der Waals surface area contributed by atoms with Gasteiger partial charge in [0.25, 0.3) is 0 Å². The number of imidazole rings is 1. The second kappa shape index (κ2) is 4.11. The van der Waals surface area contributed by atoms with Crippen molar-refractivity contribution in [3.63, 3.8) is 0 Å². The van der Waals surface area contributed by atoms with E-state index >= 15 is 0 Å². The average Bonchev–Trinajstić information content (AvgIpc) is 2.64. The fraction of sp³-hybridized carbons (Fsp3) is 0.700. The number of aromatic nitrogens is 2. The van der Waals surface area contributed by atoms with Gasteiger partial charge in [0.15, 0.2) is 0 Å². The van der Waals surface area contributed by atoms with Crippen LogP contribution in [0.5, 0.6) is 0 Å². The molecule has 0 radical (unpaired) electrons. The molecule has 1 aromatic heterocycles. The van der Waals surface area contributed by atoms with E-state index in [2.05, 4.69) is 4.98 Å². The van der Waals surface area contributed by atoms with Crippen molar-refractivity contribution in [2.45, 2.75) is 45.4 Å². The molecule has 1 rings (SSSR count). The first-order chi connectivity index (χ1) is 6.53. The number of aryl methyl sites for hydroxylation is 1. The summed E-state index contributed by atoms with van der Waals surface area (Å²) in [7, 11) is 0. The molecule has 80 valence electrons. The molecule has 14 heavy (non-hydrogen) atoms. The molecule has 0 aliphatic rings. The highest BCUT2D eigenvalue weighted by atomic mass is 16.3. The Hall–Kier alpha value is -0.870. The van der Waals surface area contributed by atoms with Gasteiger partial charge in [-0.1, -0.05) is 6.92 Å². The highest BCUT2D eigenvalue weighted by Crippen LogP contribution is 2.26. The zero-order valence-corrected chi connectivity index (χ0v) is 8.94. The van der Waals surface area contributed by atoms with Crippen molar-refractivity contribution in [2.75, 3.05) is 0 Å². The Morgan fingerprint density at radius 2 is 2.21 bits per heavy atom. The van der Waals surface area contributed by atoms with Crippen LogP contribution in [0.1, 0.15) is 39.1 Å². The molecule has 0 aromatic carbocycles. The monoisotopic (exact) mass is 198 g/mol. The van der Waals surface area contributed by atoms with Crippen LogP contribution in [-0.4, -0.2) is 25.4 Å². The van der Waals surface area contributed by atoms with Crippen LogP contribution in [0.4, 0.5) is 0 Å². The van der Waals surface area contributed by atoms with E-state index in [0.717, 1.165) is 6.54 Å². The minimum Gasteiger partial charge on any atom is -0.387 e. The van der Waals surface area contributed by atoms with Gasteiger partial charge in [-0.05, 0) is 20.3 Å². The van der Waals surface area contributed by atoms with E-state index < -0.39 is 11.7 Å². The molecule has 0 aliphatic carbocycles. The third-order valence-electron chi connectivity index (χ3n) is 2.64. The molecule has 1 aromatic rings. The summed E-state index contributed by atoms with van der Waals surface area (Å²) >= 11 is 0. The molecular weight excluding hydrogens is 180 g/mol. The maximum atomic E-state index is 9.92. The zero-order valence-electron chi connectivity index (χ0n) is 8.94. The molecule has 0 saturated heterocycles. The highest BCUT2D eigenvalue weighted by molar-refractivity contribution is 5.02. The standard InChI is InChI=1S/C10H18N2O2/c1-4-10(3,14)8(13)9-11-6-7-12(9)5-2/h6-8,13-14H,4-5H2,1-3H3. The van der Waals surface area contributed by atoms with Crippen LogP contribution in [0, 0.1) is 0 Å². The normalized spacial score (nSPS) is 17.8. The van der Waals surface area contributed by atoms with E-state index in [0.29, 0.717) is 12.2 Å². The quantitative estimate of drug-likeness (QED) is 0.761. The Bertz CT molecular complexity index is 294. The first kappa shape index (κ1) is 11.2. The van der Waals surface area contributed by atoms with Crippen molar-refractivity contribution in [3.8, 4) is 0 Å². The minimum atomic E-state index is -1.11. The predicted octanol–water partition coefficient (Wildman–Crippen LogP) is 1.10. The summed E-state index contributed by atoms with van der Waals surface area (Å²) in [5.41, 5.74) is -1.11. The maximum absolute atomic E-state index is 9.92. The van der Waals surface area contributed by atoms with Crippen molar-refractivity contribution in [1.29, 1.82) is 0 Å². The van der Waals surface area contributed by atoms with Gasteiger partial charge in [0.05, 0.1) is 5.60 Å². The van der Waals surface area contributed by atoms with Gasteiger partial charge in [0.2, 0.25) is 0 Å². The summed E-state index contributed by atoms with van der Waals surface area (Å²) in [6, 6.07) is 0. The van der Waals surface area contributed by atoms with Crippen molar-refractivity contribution >= 4 is 0 Å². The molecule has 0 bridgehead atoms. The van der Waals surface area contributed by atoms with Crippen molar-refractivity contribution in [3.05, 3.63) is 18.2 Å². The van der Waals surface area contributed by atoms with Gasteiger partial charge in [0, 0.05) is 18.9 Å². The number of aliphatic hydroxyl groups is 2. The third-order valence-corrected chi connectivity index (χ3v) is 2.64. The minimum absolute atomic E-state index is 0.491. The SMILES string of the molecule is CCn1ccnc1C(O)C(C)(O)CC. The second-order valence-electron chi connectivity index (χ2n) is 3.68. The molecule has 0 amide bonds. The number of hydrogen-bond acceptors (Lipinski definition) is 3. The lowest BCUT2D eigenvalue weighted by Crippen LogP contribution is -2.33. The summed E-state index contributed by atoms with van der Waals surface area (Å²) in [6.45, 7) is 6.17. The van der Waals surface area contributed by atoms with E-state index in [1.54, 1.807) is 19.3 Å². The summed E-state index contributed by atoms with van der Waals surface area (Å²) in [4.78, 5) is 4.05. The van der Waals surface area contributed by atoms with Gasteiger partial charge >= 0.3 is 0 Å². The van der Waals surface area contributed by atoms with Gasteiger partial charge in [-0.2, -0.15) is 0 Å². The molecular formula is C10H18N2O2. The zero-order chi connectivity index (χ0) is 10.8. The van der Waals surface area contributed by atoms with Crippen LogP contribution >= 0.6 is 0 Å². The van der Waals surface area contributed by atoms with Gasteiger partial charge in [-0.25, -0.2) is 4.98 Å². The van der Waals surface area contributed by atoms with Crippen molar-refractivity contribution < 1.29 is 10.2 Å². The highest BCUT2D eigenvalue weighted by Gasteiger charge is 2.32. The van der Waals surface area contributed by atoms with Gasteiger partial charge in [-0.3, -0.25) is 0 Å². The predicted molar refractivity (Wildman–Crippen MR) is 53.8 cm³/mol. The Morgan fingerprint density at radius 1 is 1.57 bits per heavy atom. The Morgan fingerprint density at radius 3 is 2.71 bits per heavy atom. The number of aliphatic hydroxyl groups excluding tert-OH is 1. The number of hydrogen-bond donors (Lipinski definition) is 2. The Labute approximate surface area is 84.2 Å². The molecule has 1 heterocycles. The molecule has 2 N–H and O–H groups in total. The van der Waals surface area contributed by atoms with Crippen molar-refractivity contribution in [2.24, 2.45) is 0 Å². The molecule has 4 nitrogen and oxygen atoms in total. The average molecular weight is 198 g/mol. The second-order valence-corrected chi connectivity index (χ2v) is 3.68. The van der Waals surface area contributed by atoms with E-state index in [9.17, 15) is 10.2 Å². The first-order valence-electron chi connectivity index (χ1n) is 4.94. The largest absolute Gasteiger partial charge is 0.387 e. The summed E-state index contributed by atoms with van der Waals surface area (Å²) in [5, 5.41) is 19.8. The smallest absolute Gasteiger partial charge is 0.140 e. The fourth-order valence-electron chi connectivity index (χ4n) is 1.31. The van der Waals surface area contributed by atoms with Gasteiger partial charge in [-0.15, -0.1) is 0 Å². The molecule has 0 fully saturated rings. The lowest BCUT2D eigenvalue weighted by Gasteiger charge is -2.27. The maximum Gasteiger partial charge on any atom is 0.140 e. The van der Waals surface area contributed by atoms with Gasteiger partial charge < -0.3 is 14.8 Å². The fourth-order valence-corrected chi connectivity index (χ4v) is 1.31. The summed E-state index contributed by atoms with van der Waals surface area (Å²) in [5.74, 6) is 0.527. The van der Waals surface area contributed by atoms with Crippen LogP contribution in [0.25, 0.3) is 0 Å². The van der Waals surface area contributed by atoms with Crippen LogP contribution in [-0.2, 0) is 6.54 Å². The lowest BCUT2D eigenvalue weighted by atomic mass is 9.95. The van der Waals surface area contributed by atoms with E-state index in [-0.39, 0.29) is 0 Å². The summed E-state index contributed by atoms with van der Waals surface area (Å²) in [6.07, 6.45) is 2.99. The Balaban J connectivity index is 2.94. The Kier molecular flexibility index (Phi) is 3.29. The lowest BCUT2D eigenvalue weighted by molar-refractivity contribution is -0.0712. The third kappa shape index (κ3) is 1.96. The number of rotatable bonds is 4.